The van der Waals surface area contributed by atoms with Crippen molar-refractivity contribution in [3.8, 4) is 17.2 Å². The van der Waals surface area contributed by atoms with E-state index in [0.29, 0.717) is 11.5 Å². The van der Waals surface area contributed by atoms with Crippen LogP contribution in [0.5, 0.6) is 17.2 Å². The smallest absolute Gasteiger partial charge is 0.191 e. The minimum Gasteiger partial charge on any atom is -0.508 e. The minimum absolute atomic E-state index is 0.191. The van der Waals surface area contributed by atoms with E-state index in [0.717, 1.165) is 54.1 Å². The fourth-order valence-corrected chi connectivity index (χ4v) is 4.22. The van der Waals surface area contributed by atoms with Gasteiger partial charge in [-0.1, -0.05) is 12.5 Å². The van der Waals surface area contributed by atoms with Crippen molar-refractivity contribution >= 4 is 28.7 Å². The number of methoxy groups -OCH3 is 1. The molecule has 0 aromatic heterocycles. The van der Waals surface area contributed by atoms with Gasteiger partial charge in [-0.05, 0) is 68.2 Å². The lowest BCUT2D eigenvalue weighted by Crippen LogP contribution is -2.44. The van der Waals surface area contributed by atoms with Crippen molar-refractivity contribution in [2.45, 2.75) is 44.1 Å². The van der Waals surface area contributed by atoms with Crippen LogP contribution in [0.15, 0.2) is 47.6 Å². The summed E-state index contributed by atoms with van der Waals surface area (Å²) in [6.07, 6.45) is 6.27. The molecule has 3 N–H and O–H groups in total. The van der Waals surface area contributed by atoms with Crippen LogP contribution in [-0.2, 0) is 0 Å². The molecule has 7 heteroatoms. The summed E-state index contributed by atoms with van der Waals surface area (Å²) in [6.45, 7) is 0. The van der Waals surface area contributed by atoms with Gasteiger partial charge in [0, 0.05) is 23.7 Å². The van der Waals surface area contributed by atoms with Crippen molar-refractivity contribution in [3.63, 3.8) is 0 Å². The van der Waals surface area contributed by atoms with E-state index in [4.69, 9.17) is 21.7 Å². The Kier molecular flexibility index (Phi) is 5.58. The maximum absolute atomic E-state index is 9.95. The summed E-state index contributed by atoms with van der Waals surface area (Å²) in [5, 5.41) is 18.0. The van der Waals surface area contributed by atoms with Crippen LogP contribution in [-0.4, -0.2) is 28.6 Å². The molecule has 1 aliphatic heterocycles. The summed E-state index contributed by atoms with van der Waals surface area (Å²) in [7, 11) is 1.63. The first kappa shape index (κ1) is 19.5. The van der Waals surface area contributed by atoms with Crippen molar-refractivity contribution in [1.29, 1.82) is 0 Å². The second-order valence-electron chi connectivity index (χ2n) is 7.56. The van der Waals surface area contributed by atoms with Crippen molar-refractivity contribution < 1.29 is 14.6 Å². The first-order valence-corrected chi connectivity index (χ1v) is 10.3. The summed E-state index contributed by atoms with van der Waals surface area (Å²) in [5.74, 6) is 1.71. The average Bonchev–Trinajstić information content (AvgIpc) is 2.73. The number of fused-ring (bicyclic) bond motifs is 1. The Morgan fingerprint density at radius 1 is 1.17 bits per heavy atom. The van der Waals surface area contributed by atoms with Crippen LogP contribution in [0.25, 0.3) is 0 Å². The van der Waals surface area contributed by atoms with Crippen molar-refractivity contribution in [1.82, 2.24) is 5.43 Å². The number of phenolic OH excluding ortho intramolecular Hbond substituents is 1. The molecule has 0 atom stereocenters. The third-order valence-electron chi connectivity index (χ3n) is 5.47. The fourth-order valence-electron chi connectivity index (χ4n) is 4.06. The first-order valence-electron chi connectivity index (χ1n) is 9.87. The zero-order valence-electron chi connectivity index (χ0n) is 16.4. The molecule has 1 aliphatic carbocycles. The van der Waals surface area contributed by atoms with Crippen molar-refractivity contribution in [2.75, 3.05) is 12.4 Å². The molecule has 0 radical (unpaired) electrons. The molecule has 0 saturated heterocycles. The summed E-state index contributed by atoms with van der Waals surface area (Å²) < 4.78 is 11.6. The van der Waals surface area contributed by atoms with Crippen molar-refractivity contribution in [2.24, 2.45) is 5.10 Å². The number of phenols is 1. The number of hydrazone groups is 1. The number of benzene rings is 2. The molecular weight excluding hydrogens is 386 g/mol. The molecule has 0 unspecified atom stereocenters. The highest BCUT2D eigenvalue weighted by Crippen LogP contribution is 2.42. The summed E-state index contributed by atoms with van der Waals surface area (Å²) in [6, 6.07) is 12.7. The molecule has 1 spiro atoms. The molecule has 2 aromatic carbocycles. The number of hydrogen-bond acceptors (Lipinski definition) is 5. The van der Waals surface area contributed by atoms with E-state index in [-0.39, 0.29) is 11.4 Å². The van der Waals surface area contributed by atoms with E-state index in [1.165, 1.54) is 6.42 Å². The van der Waals surface area contributed by atoms with Gasteiger partial charge in [-0.15, -0.1) is 0 Å². The quantitative estimate of drug-likeness (QED) is 0.507. The largest absolute Gasteiger partial charge is 0.508 e. The van der Waals surface area contributed by atoms with Gasteiger partial charge in [0.25, 0.3) is 0 Å². The first-order chi connectivity index (χ1) is 14.1. The molecule has 1 fully saturated rings. The van der Waals surface area contributed by atoms with Gasteiger partial charge in [0.05, 0.1) is 12.8 Å². The predicted molar refractivity (Wildman–Crippen MR) is 118 cm³/mol. The zero-order valence-corrected chi connectivity index (χ0v) is 17.2. The van der Waals surface area contributed by atoms with E-state index in [9.17, 15) is 5.11 Å². The highest BCUT2D eigenvalue weighted by molar-refractivity contribution is 7.80. The van der Waals surface area contributed by atoms with E-state index < -0.39 is 0 Å². The number of nitrogens with zero attached hydrogens (tertiary/aromatic N) is 1. The van der Waals surface area contributed by atoms with Gasteiger partial charge in [-0.3, -0.25) is 5.43 Å². The standard InChI is InChI=1S/C22H25N3O3S/c1-27-17-7-5-6-15(12-17)23-21(29)25-24-19-14-22(10-3-2-4-11-22)28-20-9-8-16(26)13-18(19)20/h5-9,12-13,26H,2-4,10-11,14H2,1H3,(H2,23,25,29). The average molecular weight is 412 g/mol. The molecule has 0 bridgehead atoms. The third-order valence-corrected chi connectivity index (χ3v) is 5.67. The van der Waals surface area contributed by atoms with E-state index >= 15 is 0 Å². The lowest BCUT2D eigenvalue weighted by molar-refractivity contribution is 0.0320. The van der Waals surface area contributed by atoms with Gasteiger partial charge in [0.2, 0.25) is 0 Å². The molecule has 2 aromatic rings. The van der Waals surface area contributed by atoms with Gasteiger partial charge in [-0.25, -0.2) is 0 Å². The van der Waals surface area contributed by atoms with Gasteiger partial charge in [-0.2, -0.15) is 5.10 Å². The topological polar surface area (TPSA) is 75.1 Å². The maximum atomic E-state index is 9.95. The molecule has 1 heterocycles. The van der Waals surface area contributed by atoms with Crippen LogP contribution in [0, 0.1) is 0 Å². The Balaban J connectivity index is 1.54. The van der Waals surface area contributed by atoms with E-state index in [2.05, 4.69) is 15.8 Å². The fraction of sp³-hybridized carbons (Fsp3) is 0.364. The Labute approximate surface area is 175 Å². The Bertz CT molecular complexity index is 939. The predicted octanol–water partition coefficient (Wildman–Crippen LogP) is 4.58. The molecular formula is C22H25N3O3S. The summed E-state index contributed by atoms with van der Waals surface area (Å²) >= 11 is 5.41. The van der Waals surface area contributed by atoms with Gasteiger partial charge in [0.1, 0.15) is 22.8 Å². The number of rotatable bonds is 3. The molecule has 6 nitrogen and oxygen atoms in total. The van der Waals surface area contributed by atoms with E-state index in [1.54, 1.807) is 19.2 Å². The van der Waals surface area contributed by atoms with Crippen LogP contribution in [0.1, 0.15) is 44.1 Å². The second-order valence-corrected chi connectivity index (χ2v) is 7.97. The monoisotopic (exact) mass is 411 g/mol. The summed E-state index contributed by atoms with van der Waals surface area (Å²) in [5.41, 5.74) is 5.20. The van der Waals surface area contributed by atoms with E-state index in [1.807, 2.05) is 30.3 Å². The molecule has 152 valence electrons. The lowest BCUT2D eigenvalue weighted by atomic mass is 9.78. The number of nitrogens with one attached hydrogen (secondary N) is 2. The Morgan fingerprint density at radius 3 is 2.79 bits per heavy atom. The molecule has 29 heavy (non-hydrogen) atoms. The third kappa shape index (κ3) is 4.45. The number of hydrogen-bond donors (Lipinski definition) is 3. The number of anilines is 1. The van der Waals surface area contributed by atoms with Gasteiger partial charge in [0.15, 0.2) is 5.11 Å². The Morgan fingerprint density at radius 2 is 2.00 bits per heavy atom. The zero-order chi connectivity index (χ0) is 20.3. The Hall–Kier alpha value is -2.80. The summed E-state index contributed by atoms with van der Waals surface area (Å²) in [4.78, 5) is 0. The molecule has 4 rings (SSSR count). The van der Waals surface area contributed by atoms with Gasteiger partial charge >= 0.3 is 0 Å². The number of thiocarbonyl (C=S) groups is 1. The number of aromatic hydroxyl groups is 1. The maximum Gasteiger partial charge on any atom is 0.191 e. The van der Waals surface area contributed by atoms with Crippen LogP contribution < -0.4 is 20.2 Å². The molecule has 1 saturated carbocycles. The van der Waals surface area contributed by atoms with Crippen LogP contribution in [0.4, 0.5) is 5.69 Å². The van der Waals surface area contributed by atoms with Crippen LogP contribution in [0.2, 0.25) is 0 Å². The van der Waals surface area contributed by atoms with Crippen LogP contribution >= 0.6 is 12.2 Å². The lowest BCUT2D eigenvalue weighted by Gasteiger charge is -2.41. The highest BCUT2D eigenvalue weighted by atomic mass is 32.1. The molecule has 2 aliphatic rings. The van der Waals surface area contributed by atoms with Crippen molar-refractivity contribution in [3.05, 3.63) is 48.0 Å². The second kappa shape index (κ2) is 8.29. The van der Waals surface area contributed by atoms with Gasteiger partial charge < -0.3 is 19.9 Å². The minimum atomic E-state index is -0.218. The van der Waals surface area contributed by atoms with Crippen LogP contribution in [0.3, 0.4) is 0 Å². The highest BCUT2D eigenvalue weighted by Gasteiger charge is 2.40. The molecule has 0 amide bonds. The SMILES string of the molecule is COc1cccc(NC(=S)NN=C2CC3(CCCCC3)Oc3ccc(O)cc32)c1. The number of ether oxygens (including phenoxy) is 2. The normalized spacial score (nSPS) is 18.6.